The predicted molar refractivity (Wildman–Crippen MR) is 88.3 cm³/mol. The lowest BCUT2D eigenvalue weighted by molar-refractivity contribution is -0.386. The van der Waals surface area contributed by atoms with Crippen molar-refractivity contribution in [2.24, 2.45) is 0 Å². The number of hydrogen-bond donors (Lipinski definition) is 1. The van der Waals surface area contributed by atoms with Crippen LogP contribution in [-0.2, 0) is 4.79 Å². The van der Waals surface area contributed by atoms with Gasteiger partial charge in [-0.15, -0.1) is 0 Å². The number of carboxylic acid groups (broad SMARTS) is 1. The molecule has 130 valence electrons. The molecule has 0 aliphatic carbocycles. The lowest BCUT2D eigenvalue weighted by Crippen LogP contribution is -2.48. The Balaban J connectivity index is 2.25. The second kappa shape index (κ2) is 6.39. The van der Waals surface area contributed by atoms with Gasteiger partial charge < -0.3 is 14.6 Å². The van der Waals surface area contributed by atoms with Crippen molar-refractivity contribution < 1.29 is 19.6 Å². The van der Waals surface area contributed by atoms with Crippen molar-refractivity contribution >= 4 is 17.6 Å². The van der Waals surface area contributed by atoms with Gasteiger partial charge in [-0.1, -0.05) is 19.1 Å². The summed E-state index contributed by atoms with van der Waals surface area (Å²) in [6.45, 7) is 2.18. The number of aromatic nitrogens is 1. The summed E-state index contributed by atoms with van der Waals surface area (Å²) in [5.74, 6) is -1.47. The van der Waals surface area contributed by atoms with E-state index in [1.807, 2.05) is 6.92 Å². The van der Waals surface area contributed by atoms with Crippen molar-refractivity contribution in [2.75, 3.05) is 6.54 Å². The molecule has 0 unspecified atom stereocenters. The van der Waals surface area contributed by atoms with Gasteiger partial charge in [-0.05, 0) is 24.6 Å². The van der Waals surface area contributed by atoms with Crippen molar-refractivity contribution in [3.8, 4) is 0 Å². The number of nitro benzene ring substituents is 1. The smallest absolute Gasteiger partial charge is 0.329 e. The lowest BCUT2D eigenvalue weighted by Gasteiger charge is -2.40. The largest absolute Gasteiger partial charge is 0.480 e. The summed E-state index contributed by atoms with van der Waals surface area (Å²) in [6, 6.07) is 7.07. The maximum Gasteiger partial charge on any atom is 0.329 e. The number of aliphatic carboxylic acids is 1. The van der Waals surface area contributed by atoms with E-state index in [-0.39, 0.29) is 22.9 Å². The molecule has 8 nitrogen and oxygen atoms in total. The highest BCUT2D eigenvalue weighted by Crippen LogP contribution is 2.42. The van der Waals surface area contributed by atoms with Gasteiger partial charge in [0.05, 0.1) is 16.5 Å². The molecule has 25 heavy (non-hydrogen) atoms. The average molecular weight is 343 g/mol. The number of nitrogens with zero attached hydrogens (tertiary/aromatic N) is 3. The number of carbonyl (C=O) groups excluding carboxylic acids is 1. The Hall–Kier alpha value is -3.16. The maximum absolute atomic E-state index is 12.8. The Bertz CT molecular complexity index is 844. The third-order valence-corrected chi connectivity index (χ3v) is 4.36. The van der Waals surface area contributed by atoms with Gasteiger partial charge in [0, 0.05) is 18.8 Å². The molecule has 0 radical (unpaired) electrons. The minimum Gasteiger partial charge on any atom is -0.480 e. The van der Waals surface area contributed by atoms with E-state index in [9.17, 15) is 24.8 Å². The number of fused-ring (bicyclic) bond motifs is 1. The molecule has 8 heteroatoms. The predicted octanol–water partition coefficient (Wildman–Crippen LogP) is 2.63. The van der Waals surface area contributed by atoms with Crippen LogP contribution in [0.15, 0.2) is 42.6 Å². The standard InChI is InChI=1S/C17H17N3O5/c1-2-9-19-14(11-6-3-4-7-12(11)20(24)25)15(17(22)23)18-10-5-8-13(18)16(19)21/h3-8,10,14-15H,2,9H2,1H3,(H,22,23)/t14-,15+/m1/s1. The van der Waals surface area contributed by atoms with Crippen LogP contribution in [0.5, 0.6) is 0 Å². The molecule has 2 atom stereocenters. The summed E-state index contributed by atoms with van der Waals surface area (Å²) in [6.07, 6.45) is 2.13. The molecule has 0 fully saturated rings. The molecule has 1 aliphatic rings. The highest BCUT2D eigenvalue weighted by Gasteiger charge is 2.45. The Morgan fingerprint density at radius 1 is 1.28 bits per heavy atom. The first kappa shape index (κ1) is 16.7. The molecule has 0 saturated carbocycles. The Morgan fingerprint density at radius 2 is 2.00 bits per heavy atom. The van der Waals surface area contributed by atoms with Crippen LogP contribution in [0.1, 0.15) is 41.5 Å². The second-order valence-corrected chi connectivity index (χ2v) is 5.84. The molecule has 2 aromatic rings. The Morgan fingerprint density at radius 3 is 2.64 bits per heavy atom. The Labute approximate surface area is 143 Å². The molecule has 2 heterocycles. The highest BCUT2D eigenvalue weighted by atomic mass is 16.6. The van der Waals surface area contributed by atoms with E-state index in [0.717, 1.165) is 0 Å². The van der Waals surface area contributed by atoms with Crippen LogP contribution in [0, 0.1) is 10.1 Å². The van der Waals surface area contributed by atoms with E-state index in [4.69, 9.17) is 0 Å². The minimum absolute atomic E-state index is 0.191. The summed E-state index contributed by atoms with van der Waals surface area (Å²) in [4.78, 5) is 37.2. The number of amides is 1. The fourth-order valence-electron chi connectivity index (χ4n) is 3.39. The molecule has 0 saturated heterocycles. The van der Waals surface area contributed by atoms with Crippen LogP contribution in [0.4, 0.5) is 5.69 Å². The summed E-state index contributed by atoms with van der Waals surface area (Å²) < 4.78 is 1.39. The van der Waals surface area contributed by atoms with Gasteiger partial charge in [0.15, 0.2) is 6.04 Å². The maximum atomic E-state index is 12.8. The lowest BCUT2D eigenvalue weighted by atomic mass is 9.93. The normalized spacial score (nSPS) is 19.6. The number of para-hydroxylation sites is 1. The quantitative estimate of drug-likeness (QED) is 0.663. The monoisotopic (exact) mass is 343 g/mol. The van der Waals surface area contributed by atoms with Gasteiger partial charge in [-0.3, -0.25) is 14.9 Å². The van der Waals surface area contributed by atoms with Gasteiger partial charge in [-0.2, -0.15) is 0 Å². The number of nitro groups is 1. The van der Waals surface area contributed by atoms with Gasteiger partial charge >= 0.3 is 5.97 Å². The minimum atomic E-state index is -1.14. The zero-order chi connectivity index (χ0) is 18.1. The third-order valence-electron chi connectivity index (χ3n) is 4.36. The summed E-state index contributed by atoms with van der Waals surface area (Å²) in [5.41, 5.74) is 0.306. The van der Waals surface area contributed by atoms with E-state index in [0.29, 0.717) is 13.0 Å². The average Bonchev–Trinajstić information content (AvgIpc) is 3.06. The number of hydrogen-bond acceptors (Lipinski definition) is 4. The van der Waals surface area contributed by atoms with Crippen molar-refractivity contribution in [3.63, 3.8) is 0 Å². The van der Waals surface area contributed by atoms with Crippen LogP contribution >= 0.6 is 0 Å². The molecule has 3 rings (SSSR count). The highest BCUT2D eigenvalue weighted by molar-refractivity contribution is 5.96. The van der Waals surface area contributed by atoms with Crippen molar-refractivity contribution in [2.45, 2.75) is 25.4 Å². The van der Waals surface area contributed by atoms with Crippen LogP contribution < -0.4 is 0 Å². The molecule has 0 bridgehead atoms. The molecule has 0 spiro atoms. The first-order valence-electron chi connectivity index (χ1n) is 7.91. The molecule has 1 N–H and O–H groups in total. The van der Waals surface area contributed by atoms with E-state index in [1.165, 1.54) is 33.9 Å². The van der Waals surface area contributed by atoms with Crippen molar-refractivity contribution in [1.29, 1.82) is 0 Å². The van der Waals surface area contributed by atoms with Gasteiger partial charge in [0.1, 0.15) is 5.69 Å². The number of carboxylic acids is 1. The summed E-state index contributed by atoms with van der Waals surface area (Å²) in [5, 5.41) is 21.2. The molecule has 1 aromatic heterocycles. The van der Waals surface area contributed by atoms with E-state index in [1.54, 1.807) is 18.2 Å². The zero-order valence-electron chi connectivity index (χ0n) is 13.5. The van der Waals surface area contributed by atoms with E-state index >= 15 is 0 Å². The second-order valence-electron chi connectivity index (χ2n) is 5.84. The van der Waals surface area contributed by atoms with Crippen LogP contribution in [0.3, 0.4) is 0 Å². The van der Waals surface area contributed by atoms with Crippen molar-refractivity contribution in [3.05, 3.63) is 64.0 Å². The first-order chi connectivity index (χ1) is 12.0. The molecule has 1 aromatic carbocycles. The fraction of sp³-hybridized carbons (Fsp3) is 0.294. The van der Waals surface area contributed by atoms with Gasteiger partial charge in [-0.25, -0.2) is 4.79 Å². The topological polar surface area (TPSA) is 106 Å². The first-order valence-corrected chi connectivity index (χ1v) is 7.91. The molecule has 1 aliphatic heterocycles. The van der Waals surface area contributed by atoms with E-state index in [2.05, 4.69) is 0 Å². The van der Waals surface area contributed by atoms with Gasteiger partial charge in [0.2, 0.25) is 0 Å². The number of rotatable bonds is 5. The van der Waals surface area contributed by atoms with Crippen LogP contribution in [0.25, 0.3) is 0 Å². The Kier molecular flexibility index (Phi) is 4.26. The van der Waals surface area contributed by atoms with Crippen molar-refractivity contribution in [1.82, 2.24) is 9.47 Å². The molecular weight excluding hydrogens is 326 g/mol. The zero-order valence-corrected chi connectivity index (χ0v) is 13.5. The fourth-order valence-corrected chi connectivity index (χ4v) is 3.39. The summed E-state index contributed by atoms with van der Waals surface area (Å²) >= 11 is 0. The number of carbonyl (C=O) groups is 2. The third kappa shape index (κ3) is 2.65. The SMILES string of the molecule is CCCN1C(=O)c2cccn2[C@H](C(=O)O)[C@H]1c1ccccc1[N+](=O)[O-]. The van der Waals surface area contributed by atoms with Crippen LogP contribution in [0.2, 0.25) is 0 Å². The van der Waals surface area contributed by atoms with Crippen LogP contribution in [-0.4, -0.2) is 37.9 Å². The van der Waals surface area contributed by atoms with Gasteiger partial charge in [0.25, 0.3) is 11.6 Å². The molecule has 1 amide bonds. The van der Waals surface area contributed by atoms with E-state index < -0.39 is 23.0 Å². The number of benzene rings is 1. The molecular formula is C17H17N3O5. The summed E-state index contributed by atoms with van der Waals surface area (Å²) in [7, 11) is 0.